The maximum atomic E-state index is 13.2. The summed E-state index contributed by atoms with van der Waals surface area (Å²) in [6.07, 6.45) is -0.604. The van der Waals surface area contributed by atoms with E-state index in [0.717, 1.165) is 19.6 Å². The molecule has 1 aromatic carbocycles. The van der Waals surface area contributed by atoms with Crippen LogP contribution in [0.2, 0.25) is 0 Å². The third kappa shape index (κ3) is 7.78. The Morgan fingerprint density at radius 3 is 2.58 bits per heavy atom. The molecule has 0 radical (unpaired) electrons. The van der Waals surface area contributed by atoms with Crippen molar-refractivity contribution < 1.29 is 28.5 Å². The number of ether oxygens (including phenoxy) is 3. The number of aliphatic hydroxyl groups excluding tert-OH is 1. The van der Waals surface area contributed by atoms with E-state index in [2.05, 4.69) is 9.80 Å². The summed E-state index contributed by atoms with van der Waals surface area (Å²) in [4.78, 5) is 19.0. The number of hydrogen-bond donors (Lipinski definition) is 1. The molecule has 174 valence electrons. The zero-order valence-corrected chi connectivity index (χ0v) is 18.2. The predicted molar refractivity (Wildman–Crippen MR) is 114 cm³/mol. The minimum absolute atomic E-state index is 0.161. The first-order chi connectivity index (χ1) is 15.0. The Kier molecular flexibility index (Phi) is 9.63. The van der Waals surface area contributed by atoms with E-state index in [9.17, 15) is 14.3 Å². The van der Waals surface area contributed by atoms with E-state index in [-0.39, 0.29) is 17.8 Å². The molecule has 1 amide bonds. The van der Waals surface area contributed by atoms with Crippen LogP contribution in [0.4, 0.5) is 4.39 Å². The van der Waals surface area contributed by atoms with E-state index in [0.29, 0.717) is 64.7 Å². The highest BCUT2D eigenvalue weighted by Crippen LogP contribution is 2.12. The zero-order chi connectivity index (χ0) is 22.1. The van der Waals surface area contributed by atoms with Crippen LogP contribution in [0.15, 0.2) is 24.3 Å². The predicted octanol–water partition coefficient (Wildman–Crippen LogP) is 0.308. The molecule has 0 aromatic heterocycles. The van der Waals surface area contributed by atoms with Gasteiger partial charge in [0.15, 0.2) is 0 Å². The normalized spacial score (nSPS) is 21.7. The van der Waals surface area contributed by atoms with Gasteiger partial charge in [-0.05, 0) is 24.3 Å². The second-order valence-corrected chi connectivity index (χ2v) is 8.07. The molecule has 0 unspecified atom stereocenters. The molecule has 2 aliphatic heterocycles. The monoisotopic (exact) mass is 439 g/mol. The van der Waals surface area contributed by atoms with Gasteiger partial charge in [0.25, 0.3) is 5.91 Å². The van der Waals surface area contributed by atoms with Crippen molar-refractivity contribution >= 4 is 5.91 Å². The number of hydrogen-bond acceptors (Lipinski definition) is 7. The third-order valence-corrected chi connectivity index (χ3v) is 5.63. The van der Waals surface area contributed by atoms with Crippen molar-refractivity contribution in [1.82, 2.24) is 14.7 Å². The minimum Gasteiger partial charge on any atom is -0.390 e. The number of β-amino-alcohol motifs (C(OH)–C–C–N with tert-alkyl or cyclic N) is 1. The minimum atomic E-state index is -0.442. The molecule has 1 N–H and O–H groups in total. The second kappa shape index (κ2) is 12.4. The molecule has 0 bridgehead atoms. The van der Waals surface area contributed by atoms with E-state index in [1.54, 1.807) is 12.0 Å². The van der Waals surface area contributed by atoms with Gasteiger partial charge in [-0.3, -0.25) is 14.6 Å². The van der Waals surface area contributed by atoms with Gasteiger partial charge in [0.05, 0.1) is 38.6 Å². The van der Waals surface area contributed by atoms with Gasteiger partial charge in [0.2, 0.25) is 0 Å². The molecule has 2 fully saturated rings. The maximum absolute atomic E-state index is 13.2. The Bertz CT molecular complexity index is 672. The van der Waals surface area contributed by atoms with Gasteiger partial charge in [-0.25, -0.2) is 4.39 Å². The van der Waals surface area contributed by atoms with Gasteiger partial charge in [-0.1, -0.05) is 0 Å². The Labute approximate surface area is 183 Å². The number of morpholine rings is 2. The van der Waals surface area contributed by atoms with Gasteiger partial charge in [0.1, 0.15) is 5.82 Å². The Balaban J connectivity index is 1.52. The fourth-order valence-corrected chi connectivity index (χ4v) is 3.99. The first-order valence-electron chi connectivity index (χ1n) is 10.9. The van der Waals surface area contributed by atoms with Crippen molar-refractivity contribution in [2.75, 3.05) is 85.9 Å². The number of benzene rings is 1. The molecular formula is C22H34FN3O5. The lowest BCUT2D eigenvalue weighted by atomic mass is 10.1. The number of carbonyl (C=O) groups excluding carboxylic acids is 1. The maximum Gasteiger partial charge on any atom is 0.254 e. The molecule has 0 aliphatic carbocycles. The molecule has 2 aliphatic rings. The number of aliphatic hydroxyl groups is 1. The van der Waals surface area contributed by atoms with Crippen LogP contribution in [0.5, 0.6) is 0 Å². The molecule has 1 aromatic rings. The molecular weight excluding hydrogens is 405 g/mol. The quantitative estimate of drug-likeness (QED) is 0.562. The van der Waals surface area contributed by atoms with Gasteiger partial charge >= 0.3 is 0 Å². The topological polar surface area (TPSA) is 74.7 Å². The highest BCUT2D eigenvalue weighted by Gasteiger charge is 2.27. The lowest BCUT2D eigenvalue weighted by molar-refractivity contribution is -0.0564. The molecule has 0 saturated carbocycles. The van der Waals surface area contributed by atoms with Crippen molar-refractivity contribution in [2.45, 2.75) is 12.2 Å². The van der Waals surface area contributed by atoms with Crippen LogP contribution in [-0.4, -0.2) is 124 Å². The fourth-order valence-electron chi connectivity index (χ4n) is 3.99. The van der Waals surface area contributed by atoms with Gasteiger partial charge in [-0.2, -0.15) is 0 Å². The highest BCUT2D eigenvalue weighted by molar-refractivity contribution is 5.94. The summed E-state index contributed by atoms with van der Waals surface area (Å²) < 4.78 is 29.7. The number of rotatable bonds is 10. The summed E-state index contributed by atoms with van der Waals surface area (Å²) in [5, 5.41) is 10.5. The molecule has 8 nitrogen and oxygen atoms in total. The highest BCUT2D eigenvalue weighted by atomic mass is 19.1. The summed E-state index contributed by atoms with van der Waals surface area (Å²) in [6, 6.07) is 5.56. The third-order valence-electron chi connectivity index (χ3n) is 5.63. The average Bonchev–Trinajstić information content (AvgIpc) is 2.77. The lowest BCUT2D eigenvalue weighted by Crippen LogP contribution is -2.52. The van der Waals surface area contributed by atoms with Gasteiger partial charge in [0, 0.05) is 65.0 Å². The van der Waals surface area contributed by atoms with E-state index in [1.807, 2.05) is 0 Å². The van der Waals surface area contributed by atoms with Crippen molar-refractivity contribution in [3.63, 3.8) is 0 Å². The molecule has 3 rings (SSSR count). The summed E-state index contributed by atoms with van der Waals surface area (Å²) in [5.74, 6) is -0.549. The number of methoxy groups -OCH3 is 1. The molecule has 2 atom stereocenters. The van der Waals surface area contributed by atoms with E-state index in [4.69, 9.17) is 14.2 Å². The largest absolute Gasteiger partial charge is 0.390 e. The zero-order valence-electron chi connectivity index (χ0n) is 18.2. The van der Waals surface area contributed by atoms with Crippen molar-refractivity contribution in [2.24, 2.45) is 0 Å². The fraction of sp³-hybridized carbons (Fsp3) is 0.682. The van der Waals surface area contributed by atoms with Crippen molar-refractivity contribution in [1.29, 1.82) is 0 Å². The van der Waals surface area contributed by atoms with Crippen molar-refractivity contribution in [3.05, 3.63) is 35.6 Å². The Morgan fingerprint density at radius 2 is 1.87 bits per heavy atom. The Morgan fingerprint density at radius 1 is 1.19 bits per heavy atom. The first-order valence-corrected chi connectivity index (χ1v) is 10.9. The van der Waals surface area contributed by atoms with E-state index < -0.39 is 6.10 Å². The molecule has 9 heteroatoms. The molecule has 0 spiro atoms. The number of nitrogens with zero attached hydrogens (tertiary/aromatic N) is 3. The van der Waals surface area contributed by atoms with Crippen LogP contribution in [0.1, 0.15) is 10.4 Å². The first kappa shape index (κ1) is 24.0. The SMILES string of the molecule is COCCN(C[C@H]1CN(C[C@H](O)CN2CCOCC2)CCO1)C(=O)c1ccc(F)cc1. The molecule has 2 heterocycles. The van der Waals surface area contributed by atoms with Crippen LogP contribution in [0.3, 0.4) is 0 Å². The Hall–Kier alpha value is -1.62. The van der Waals surface area contributed by atoms with Crippen LogP contribution in [0, 0.1) is 5.82 Å². The van der Waals surface area contributed by atoms with Crippen LogP contribution >= 0.6 is 0 Å². The molecule has 31 heavy (non-hydrogen) atoms. The number of halogens is 1. The van der Waals surface area contributed by atoms with Gasteiger partial charge < -0.3 is 24.2 Å². The average molecular weight is 440 g/mol. The summed E-state index contributed by atoms with van der Waals surface area (Å²) in [5.41, 5.74) is 0.436. The van der Waals surface area contributed by atoms with Crippen LogP contribution < -0.4 is 0 Å². The summed E-state index contributed by atoms with van der Waals surface area (Å²) in [7, 11) is 1.59. The van der Waals surface area contributed by atoms with E-state index in [1.165, 1.54) is 24.3 Å². The van der Waals surface area contributed by atoms with Gasteiger partial charge in [-0.15, -0.1) is 0 Å². The van der Waals surface area contributed by atoms with Crippen molar-refractivity contribution in [3.8, 4) is 0 Å². The lowest BCUT2D eigenvalue weighted by Gasteiger charge is -2.37. The number of carbonyl (C=O) groups is 1. The standard InChI is InChI=1S/C22H34FN3O5/c1-29-10-9-26(22(28)18-2-4-19(23)5-3-18)17-21-16-25(8-13-31-21)15-20(27)14-24-6-11-30-12-7-24/h2-5,20-21,27H,6-17H2,1H3/t20-,21-/m1/s1. The van der Waals surface area contributed by atoms with Crippen LogP contribution in [-0.2, 0) is 14.2 Å². The summed E-state index contributed by atoms with van der Waals surface area (Å²) in [6.45, 7) is 7.51. The molecule has 2 saturated heterocycles. The van der Waals surface area contributed by atoms with Crippen LogP contribution in [0.25, 0.3) is 0 Å². The number of amides is 1. The smallest absolute Gasteiger partial charge is 0.254 e. The second-order valence-electron chi connectivity index (χ2n) is 8.07. The summed E-state index contributed by atoms with van der Waals surface area (Å²) >= 11 is 0. The van der Waals surface area contributed by atoms with E-state index >= 15 is 0 Å².